The predicted molar refractivity (Wildman–Crippen MR) is 82.4 cm³/mol. The van der Waals surface area contributed by atoms with Crippen molar-refractivity contribution in [2.45, 2.75) is 58.9 Å². The summed E-state index contributed by atoms with van der Waals surface area (Å²) in [6, 6.07) is 0. The molecule has 1 aliphatic heterocycles. The molecule has 1 heterocycles. The fraction of sp³-hybridized carbons (Fsp3) is 1.00. The quantitative estimate of drug-likeness (QED) is 0.711. The molecule has 3 atom stereocenters. The van der Waals surface area contributed by atoms with Crippen molar-refractivity contribution in [2.24, 2.45) is 11.8 Å². The molecule has 3 unspecified atom stereocenters. The van der Waals surface area contributed by atoms with Crippen molar-refractivity contribution in [1.82, 2.24) is 10.2 Å². The van der Waals surface area contributed by atoms with Crippen molar-refractivity contribution in [2.75, 3.05) is 32.8 Å². The van der Waals surface area contributed by atoms with Gasteiger partial charge in [0.05, 0.1) is 6.61 Å². The molecular weight excluding hydrogens is 236 g/mol. The molecule has 0 aromatic carbocycles. The molecule has 1 aliphatic rings. The van der Waals surface area contributed by atoms with Crippen LogP contribution in [-0.2, 0) is 0 Å². The average molecular weight is 270 g/mol. The monoisotopic (exact) mass is 270 g/mol. The Labute approximate surface area is 119 Å². The minimum atomic E-state index is -0.0926. The highest BCUT2D eigenvalue weighted by Gasteiger charge is 2.24. The Hall–Kier alpha value is -0.120. The molecule has 19 heavy (non-hydrogen) atoms. The van der Waals surface area contributed by atoms with Crippen LogP contribution in [0.25, 0.3) is 0 Å². The van der Waals surface area contributed by atoms with Gasteiger partial charge in [-0.05, 0) is 64.1 Å². The third kappa shape index (κ3) is 5.80. The van der Waals surface area contributed by atoms with Crippen LogP contribution in [0.5, 0.6) is 0 Å². The molecule has 0 spiro atoms. The Kier molecular flexibility index (Phi) is 7.33. The van der Waals surface area contributed by atoms with Crippen LogP contribution in [0.2, 0.25) is 0 Å². The number of hydrogen-bond acceptors (Lipinski definition) is 3. The Morgan fingerprint density at radius 1 is 1.32 bits per heavy atom. The zero-order valence-corrected chi connectivity index (χ0v) is 13.4. The maximum Gasteiger partial charge on any atom is 0.0610 e. The summed E-state index contributed by atoms with van der Waals surface area (Å²) in [4.78, 5) is 2.60. The minimum Gasteiger partial charge on any atom is -0.394 e. The summed E-state index contributed by atoms with van der Waals surface area (Å²) >= 11 is 0. The Bertz CT molecular complexity index is 247. The highest BCUT2D eigenvalue weighted by molar-refractivity contribution is 4.83. The van der Waals surface area contributed by atoms with Gasteiger partial charge in [0.15, 0.2) is 0 Å². The Morgan fingerprint density at radius 2 is 2.05 bits per heavy atom. The second-order valence-corrected chi connectivity index (χ2v) is 6.79. The summed E-state index contributed by atoms with van der Waals surface area (Å²) in [5, 5.41) is 13.0. The molecule has 1 rings (SSSR count). The molecular formula is C16H34N2O. The van der Waals surface area contributed by atoms with Crippen LogP contribution in [0.15, 0.2) is 0 Å². The molecule has 3 heteroatoms. The number of nitrogens with one attached hydrogen (secondary N) is 1. The topological polar surface area (TPSA) is 35.5 Å². The van der Waals surface area contributed by atoms with Crippen LogP contribution in [0.3, 0.4) is 0 Å². The van der Waals surface area contributed by atoms with Gasteiger partial charge in [-0.15, -0.1) is 0 Å². The summed E-state index contributed by atoms with van der Waals surface area (Å²) in [6.45, 7) is 14.0. The van der Waals surface area contributed by atoms with Gasteiger partial charge in [-0.1, -0.05) is 20.8 Å². The average Bonchev–Trinajstić information content (AvgIpc) is 2.40. The Balaban J connectivity index is 2.25. The first-order valence-corrected chi connectivity index (χ1v) is 8.09. The molecule has 0 bridgehead atoms. The lowest BCUT2D eigenvalue weighted by atomic mass is 9.88. The van der Waals surface area contributed by atoms with E-state index in [-0.39, 0.29) is 12.1 Å². The standard InChI is InChI=1S/C16H34N2O/c1-5-9-17-16(4,13-19)8-6-10-18-11-7-14(2)15(3)12-18/h14-15,17,19H,5-13H2,1-4H3. The van der Waals surface area contributed by atoms with Gasteiger partial charge < -0.3 is 15.3 Å². The fourth-order valence-electron chi connectivity index (χ4n) is 2.90. The van der Waals surface area contributed by atoms with Crippen LogP contribution in [0.4, 0.5) is 0 Å². The van der Waals surface area contributed by atoms with Crippen LogP contribution >= 0.6 is 0 Å². The first-order valence-electron chi connectivity index (χ1n) is 8.09. The van der Waals surface area contributed by atoms with Gasteiger partial charge in [-0.25, -0.2) is 0 Å². The van der Waals surface area contributed by atoms with E-state index in [1.807, 2.05) is 0 Å². The molecule has 0 radical (unpaired) electrons. The molecule has 114 valence electrons. The molecule has 0 amide bonds. The number of likely N-dealkylation sites (tertiary alicyclic amines) is 1. The lowest BCUT2D eigenvalue weighted by Gasteiger charge is -2.36. The second kappa shape index (κ2) is 8.23. The van der Waals surface area contributed by atoms with Gasteiger partial charge in [0.1, 0.15) is 0 Å². The zero-order valence-electron chi connectivity index (χ0n) is 13.4. The van der Waals surface area contributed by atoms with Crippen molar-refractivity contribution >= 4 is 0 Å². The maximum absolute atomic E-state index is 9.55. The number of nitrogens with zero attached hydrogens (tertiary/aromatic N) is 1. The van der Waals surface area contributed by atoms with Crippen molar-refractivity contribution < 1.29 is 5.11 Å². The molecule has 0 aliphatic carbocycles. The van der Waals surface area contributed by atoms with Crippen molar-refractivity contribution in [3.8, 4) is 0 Å². The number of piperidine rings is 1. The minimum absolute atomic E-state index is 0.0926. The third-order valence-corrected chi connectivity index (χ3v) is 4.77. The van der Waals surface area contributed by atoms with Crippen LogP contribution in [-0.4, -0.2) is 48.3 Å². The number of aliphatic hydroxyl groups is 1. The van der Waals surface area contributed by atoms with E-state index < -0.39 is 0 Å². The number of rotatable bonds is 8. The highest BCUT2D eigenvalue weighted by Crippen LogP contribution is 2.23. The first kappa shape index (κ1) is 16.9. The lowest BCUT2D eigenvalue weighted by molar-refractivity contribution is 0.123. The highest BCUT2D eigenvalue weighted by atomic mass is 16.3. The molecule has 0 saturated carbocycles. The zero-order chi connectivity index (χ0) is 14.3. The van der Waals surface area contributed by atoms with Gasteiger partial charge in [-0.3, -0.25) is 0 Å². The summed E-state index contributed by atoms with van der Waals surface area (Å²) < 4.78 is 0. The van der Waals surface area contributed by atoms with E-state index in [0.29, 0.717) is 0 Å². The van der Waals surface area contributed by atoms with E-state index >= 15 is 0 Å². The van der Waals surface area contributed by atoms with Crippen LogP contribution in [0, 0.1) is 11.8 Å². The van der Waals surface area contributed by atoms with Crippen molar-refractivity contribution in [1.29, 1.82) is 0 Å². The summed E-state index contributed by atoms with van der Waals surface area (Å²) in [7, 11) is 0. The summed E-state index contributed by atoms with van der Waals surface area (Å²) in [6.07, 6.45) is 4.70. The van der Waals surface area contributed by atoms with Gasteiger partial charge >= 0.3 is 0 Å². The van der Waals surface area contributed by atoms with Crippen molar-refractivity contribution in [3.63, 3.8) is 0 Å². The number of aliphatic hydroxyl groups excluding tert-OH is 1. The Morgan fingerprint density at radius 3 is 2.63 bits per heavy atom. The molecule has 1 saturated heterocycles. The normalized spacial score (nSPS) is 28.3. The van der Waals surface area contributed by atoms with Crippen LogP contribution < -0.4 is 5.32 Å². The summed E-state index contributed by atoms with van der Waals surface area (Å²) in [5.74, 6) is 1.71. The summed E-state index contributed by atoms with van der Waals surface area (Å²) in [5.41, 5.74) is -0.0926. The second-order valence-electron chi connectivity index (χ2n) is 6.79. The molecule has 2 N–H and O–H groups in total. The molecule has 0 aromatic heterocycles. The van der Waals surface area contributed by atoms with E-state index in [2.05, 4.69) is 37.9 Å². The van der Waals surface area contributed by atoms with E-state index in [9.17, 15) is 5.11 Å². The van der Waals surface area contributed by atoms with Gasteiger partial charge in [0, 0.05) is 12.1 Å². The predicted octanol–water partition coefficient (Wildman–Crippen LogP) is 2.50. The lowest BCUT2D eigenvalue weighted by Crippen LogP contribution is -2.47. The molecule has 3 nitrogen and oxygen atoms in total. The largest absolute Gasteiger partial charge is 0.394 e. The van der Waals surface area contributed by atoms with Gasteiger partial charge in [-0.2, -0.15) is 0 Å². The fourth-order valence-corrected chi connectivity index (χ4v) is 2.90. The van der Waals surface area contributed by atoms with Gasteiger partial charge in [0.2, 0.25) is 0 Å². The van der Waals surface area contributed by atoms with Crippen molar-refractivity contribution in [3.05, 3.63) is 0 Å². The smallest absolute Gasteiger partial charge is 0.0610 e. The van der Waals surface area contributed by atoms with E-state index in [0.717, 1.165) is 31.2 Å². The number of hydrogen-bond donors (Lipinski definition) is 2. The SMILES string of the molecule is CCCNC(C)(CO)CCCN1CCC(C)C(C)C1. The van der Waals surface area contributed by atoms with E-state index in [4.69, 9.17) is 0 Å². The van der Waals surface area contributed by atoms with E-state index in [1.54, 1.807) is 0 Å². The molecule has 1 fully saturated rings. The maximum atomic E-state index is 9.55. The molecule has 0 aromatic rings. The first-order chi connectivity index (χ1) is 9.00. The van der Waals surface area contributed by atoms with Gasteiger partial charge in [0.25, 0.3) is 0 Å². The van der Waals surface area contributed by atoms with E-state index in [1.165, 1.54) is 32.5 Å². The third-order valence-electron chi connectivity index (χ3n) is 4.77. The van der Waals surface area contributed by atoms with Crippen LogP contribution in [0.1, 0.15) is 53.4 Å².